The lowest BCUT2D eigenvalue weighted by atomic mass is 9.70. The Hall–Kier alpha value is -1.36. The van der Waals surface area contributed by atoms with Crippen LogP contribution in [0.25, 0.3) is 0 Å². The van der Waals surface area contributed by atoms with Crippen molar-refractivity contribution in [3.05, 3.63) is 92.1 Å². The Bertz CT molecular complexity index is 968. The summed E-state index contributed by atoms with van der Waals surface area (Å²) in [5.41, 5.74) is 2.50. The summed E-state index contributed by atoms with van der Waals surface area (Å²) in [7, 11) is 0. The third kappa shape index (κ3) is 4.06. The minimum absolute atomic E-state index is 0.208. The molecule has 3 fully saturated rings. The average Bonchev–Trinajstić information content (AvgIpc) is 3.29. The molecule has 1 N–H and O–H groups in total. The highest BCUT2D eigenvalue weighted by Crippen LogP contribution is 2.44. The molecule has 0 radical (unpaired) electrons. The van der Waals surface area contributed by atoms with E-state index in [-0.39, 0.29) is 5.92 Å². The molecule has 3 atom stereocenters. The lowest BCUT2D eigenvalue weighted by Gasteiger charge is -2.54. The van der Waals surface area contributed by atoms with Crippen LogP contribution in [0.2, 0.25) is 10.0 Å². The molecule has 0 spiro atoms. The summed E-state index contributed by atoms with van der Waals surface area (Å²) < 4.78 is 0. The van der Waals surface area contributed by atoms with Crippen molar-refractivity contribution in [2.45, 2.75) is 37.4 Å². The summed E-state index contributed by atoms with van der Waals surface area (Å²) in [5, 5.41) is 7.56. The van der Waals surface area contributed by atoms with E-state index in [9.17, 15) is 0 Å². The van der Waals surface area contributed by atoms with Crippen molar-refractivity contribution in [2.24, 2.45) is 5.92 Å². The van der Waals surface area contributed by atoms with Gasteiger partial charge in [0.15, 0.2) is 0 Å². The highest BCUT2D eigenvalue weighted by molar-refractivity contribution is 7.09. The fourth-order valence-electron chi connectivity index (χ4n) is 5.39. The van der Waals surface area contributed by atoms with Gasteiger partial charge in [0.05, 0.1) is 0 Å². The molecule has 3 saturated heterocycles. The number of thiophene rings is 1. The van der Waals surface area contributed by atoms with Crippen LogP contribution in [0.5, 0.6) is 0 Å². The molecule has 5 heteroatoms. The molecule has 0 amide bonds. The van der Waals surface area contributed by atoms with Gasteiger partial charge in [0.2, 0.25) is 0 Å². The fraction of sp³-hybridized carbons (Fsp3) is 0.360. The summed E-state index contributed by atoms with van der Waals surface area (Å²) in [6.07, 6.45) is 2.54. The van der Waals surface area contributed by atoms with E-state index in [1.807, 2.05) is 23.5 Å². The van der Waals surface area contributed by atoms with Crippen LogP contribution in [0.3, 0.4) is 0 Å². The van der Waals surface area contributed by atoms with Gasteiger partial charge in [-0.2, -0.15) is 0 Å². The van der Waals surface area contributed by atoms with Crippen LogP contribution >= 0.6 is 34.5 Å². The van der Waals surface area contributed by atoms with Gasteiger partial charge < -0.3 is 5.32 Å². The zero-order valence-corrected chi connectivity index (χ0v) is 19.1. The SMILES string of the molecule is Clc1ccc(C(c2ccccc2)[C@H]2[C@H](NCc3cccs3)C3CCN2CC3)c(Cl)c1. The molecule has 2 aromatic carbocycles. The predicted molar refractivity (Wildman–Crippen MR) is 128 cm³/mol. The molecule has 0 saturated carbocycles. The van der Waals surface area contributed by atoms with Crippen LogP contribution < -0.4 is 5.32 Å². The van der Waals surface area contributed by atoms with Crippen molar-refractivity contribution in [1.82, 2.24) is 10.2 Å². The molecule has 4 heterocycles. The van der Waals surface area contributed by atoms with E-state index in [0.29, 0.717) is 23.0 Å². The number of nitrogens with one attached hydrogen (secondary N) is 1. The third-order valence-corrected chi connectivity index (χ3v) is 8.20. The predicted octanol–water partition coefficient (Wildman–Crippen LogP) is 6.44. The molecule has 3 aromatic rings. The summed E-state index contributed by atoms with van der Waals surface area (Å²) in [4.78, 5) is 4.08. The summed E-state index contributed by atoms with van der Waals surface area (Å²) >= 11 is 14.9. The van der Waals surface area contributed by atoms with E-state index < -0.39 is 0 Å². The van der Waals surface area contributed by atoms with Gasteiger partial charge in [-0.25, -0.2) is 0 Å². The standard InChI is InChI=1S/C25H26Cl2N2S/c26-19-8-9-21(22(27)15-19)23(17-5-2-1-3-6-17)25-24(18-10-12-29(25)13-11-18)28-16-20-7-4-14-30-20/h1-9,14-15,18,23-25,28H,10-13,16H2/t23?,24-,25+/m1/s1. The monoisotopic (exact) mass is 456 g/mol. The zero-order chi connectivity index (χ0) is 20.5. The molecule has 2 nitrogen and oxygen atoms in total. The molecule has 30 heavy (non-hydrogen) atoms. The van der Waals surface area contributed by atoms with Crippen molar-refractivity contribution in [3.8, 4) is 0 Å². The Labute approximate surface area is 192 Å². The first-order chi connectivity index (χ1) is 14.7. The molecule has 3 aliphatic heterocycles. The van der Waals surface area contributed by atoms with E-state index in [2.05, 4.69) is 64.1 Å². The van der Waals surface area contributed by atoms with Gasteiger partial charge in [0.25, 0.3) is 0 Å². The quantitative estimate of drug-likeness (QED) is 0.458. The van der Waals surface area contributed by atoms with E-state index in [1.54, 1.807) is 0 Å². The summed E-state index contributed by atoms with van der Waals surface area (Å²) in [6.45, 7) is 3.27. The number of piperidine rings is 3. The van der Waals surface area contributed by atoms with Crippen molar-refractivity contribution < 1.29 is 0 Å². The second-order valence-corrected chi connectivity index (χ2v) is 10.3. The maximum atomic E-state index is 6.78. The van der Waals surface area contributed by atoms with Gasteiger partial charge in [-0.1, -0.05) is 65.7 Å². The van der Waals surface area contributed by atoms with Crippen molar-refractivity contribution >= 4 is 34.5 Å². The smallest absolute Gasteiger partial charge is 0.0459 e. The highest BCUT2D eigenvalue weighted by Gasteiger charge is 2.46. The molecular formula is C25H26Cl2N2S. The normalized spacial score (nSPS) is 26.6. The van der Waals surface area contributed by atoms with E-state index in [4.69, 9.17) is 23.2 Å². The number of hydrogen-bond donors (Lipinski definition) is 1. The Balaban J connectivity index is 1.55. The van der Waals surface area contributed by atoms with Crippen LogP contribution in [0.4, 0.5) is 0 Å². The van der Waals surface area contributed by atoms with E-state index in [0.717, 1.165) is 11.6 Å². The second kappa shape index (κ2) is 9.02. The van der Waals surface area contributed by atoms with Gasteiger partial charge >= 0.3 is 0 Å². The zero-order valence-electron chi connectivity index (χ0n) is 16.8. The first kappa shape index (κ1) is 20.5. The van der Waals surface area contributed by atoms with E-state index >= 15 is 0 Å². The van der Waals surface area contributed by atoms with Crippen molar-refractivity contribution in [1.29, 1.82) is 0 Å². The van der Waals surface area contributed by atoms with Gasteiger partial charge in [0, 0.05) is 39.5 Å². The molecule has 3 aliphatic rings. The van der Waals surface area contributed by atoms with Crippen LogP contribution in [0.15, 0.2) is 66.0 Å². The number of nitrogens with zero attached hydrogens (tertiary/aromatic N) is 1. The van der Waals surface area contributed by atoms with Crippen LogP contribution in [0, 0.1) is 5.92 Å². The molecule has 1 aromatic heterocycles. The first-order valence-electron chi connectivity index (χ1n) is 10.7. The lowest BCUT2D eigenvalue weighted by Crippen LogP contribution is -2.64. The third-order valence-electron chi connectivity index (χ3n) is 6.76. The highest BCUT2D eigenvalue weighted by atomic mass is 35.5. The Morgan fingerprint density at radius 1 is 1.00 bits per heavy atom. The first-order valence-corrected chi connectivity index (χ1v) is 12.3. The molecular weight excluding hydrogens is 431 g/mol. The average molecular weight is 457 g/mol. The largest absolute Gasteiger partial charge is 0.307 e. The number of benzene rings is 2. The Kier molecular flexibility index (Phi) is 6.17. The number of fused-ring (bicyclic) bond motifs is 3. The molecule has 0 aliphatic carbocycles. The molecule has 6 rings (SSSR count). The second-order valence-electron chi connectivity index (χ2n) is 8.40. The fourth-order valence-corrected chi connectivity index (χ4v) is 6.58. The summed E-state index contributed by atoms with van der Waals surface area (Å²) in [6, 6.07) is 22.0. The van der Waals surface area contributed by atoms with Crippen LogP contribution in [-0.4, -0.2) is 30.1 Å². The number of rotatable bonds is 6. The number of hydrogen-bond acceptors (Lipinski definition) is 3. The van der Waals surface area contributed by atoms with Gasteiger partial charge in [-0.3, -0.25) is 4.90 Å². The topological polar surface area (TPSA) is 15.3 Å². The maximum Gasteiger partial charge on any atom is 0.0459 e. The van der Waals surface area contributed by atoms with Crippen molar-refractivity contribution in [2.75, 3.05) is 13.1 Å². The molecule has 2 bridgehead atoms. The van der Waals surface area contributed by atoms with E-state index in [1.165, 1.54) is 41.9 Å². The lowest BCUT2D eigenvalue weighted by molar-refractivity contribution is 0.00479. The maximum absolute atomic E-state index is 6.78. The minimum atomic E-state index is 0.208. The molecule has 1 unspecified atom stereocenters. The Morgan fingerprint density at radius 3 is 2.50 bits per heavy atom. The minimum Gasteiger partial charge on any atom is -0.307 e. The number of halogens is 2. The van der Waals surface area contributed by atoms with Gasteiger partial charge in [0.1, 0.15) is 0 Å². The molecule has 156 valence electrons. The van der Waals surface area contributed by atoms with Crippen molar-refractivity contribution in [3.63, 3.8) is 0 Å². The van der Waals surface area contributed by atoms with Crippen LogP contribution in [0.1, 0.15) is 34.8 Å². The summed E-state index contributed by atoms with van der Waals surface area (Å²) in [5.74, 6) is 0.914. The van der Waals surface area contributed by atoms with Gasteiger partial charge in [-0.15, -0.1) is 11.3 Å². The van der Waals surface area contributed by atoms with Gasteiger partial charge in [-0.05, 0) is 66.6 Å². The van der Waals surface area contributed by atoms with Crippen LogP contribution in [-0.2, 0) is 6.54 Å². The Morgan fingerprint density at radius 2 is 1.80 bits per heavy atom.